The second-order valence-corrected chi connectivity index (χ2v) is 9.23. The first-order valence-corrected chi connectivity index (χ1v) is 11.2. The van der Waals surface area contributed by atoms with Crippen LogP contribution in [0.25, 0.3) is 0 Å². The van der Waals surface area contributed by atoms with E-state index in [2.05, 4.69) is 10.6 Å². The van der Waals surface area contributed by atoms with E-state index in [1.54, 1.807) is 24.3 Å². The van der Waals surface area contributed by atoms with Crippen LogP contribution in [0.15, 0.2) is 53.4 Å². The lowest BCUT2D eigenvalue weighted by atomic mass is 10.2. The van der Waals surface area contributed by atoms with Crippen LogP contribution < -0.4 is 10.6 Å². The van der Waals surface area contributed by atoms with Crippen LogP contribution in [0.1, 0.15) is 19.8 Å². The van der Waals surface area contributed by atoms with Crippen molar-refractivity contribution < 1.29 is 27.1 Å². The van der Waals surface area contributed by atoms with Crippen molar-refractivity contribution in [3.63, 3.8) is 0 Å². The van der Waals surface area contributed by atoms with Gasteiger partial charge in [-0.1, -0.05) is 6.92 Å². The van der Waals surface area contributed by atoms with Gasteiger partial charge < -0.3 is 15.4 Å². The highest BCUT2D eigenvalue weighted by atomic mass is 32.2. The van der Waals surface area contributed by atoms with Crippen molar-refractivity contribution in [1.29, 1.82) is 0 Å². The molecule has 1 aliphatic heterocycles. The number of amides is 2. The molecule has 0 spiro atoms. The Labute approximate surface area is 174 Å². The van der Waals surface area contributed by atoms with Crippen molar-refractivity contribution in [3.8, 4) is 0 Å². The van der Waals surface area contributed by atoms with E-state index < -0.39 is 39.3 Å². The molecule has 2 atom stereocenters. The first kappa shape index (κ1) is 21.9. The average molecular weight is 434 g/mol. The molecule has 2 amide bonds. The van der Waals surface area contributed by atoms with Gasteiger partial charge >= 0.3 is 0 Å². The van der Waals surface area contributed by atoms with Gasteiger partial charge in [-0.3, -0.25) is 9.59 Å². The maximum Gasteiger partial charge on any atom is 0.253 e. The Balaban J connectivity index is 1.55. The summed E-state index contributed by atoms with van der Waals surface area (Å²) in [4.78, 5) is 24.4. The number of benzene rings is 2. The predicted octanol–water partition coefficient (Wildman–Crippen LogP) is 2.99. The van der Waals surface area contributed by atoms with Gasteiger partial charge in [0.05, 0.1) is 10.6 Å². The number of hydrogen-bond acceptors (Lipinski definition) is 5. The fourth-order valence-electron chi connectivity index (χ4n) is 3.05. The molecule has 0 aliphatic carbocycles. The minimum absolute atomic E-state index is 0.0325. The van der Waals surface area contributed by atoms with Gasteiger partial charge in [0.2, 0.25) is 5.91 Å². The summed E-state index contributed by atoms with van der Waals surface area (Å²) in [6.07, 6.45) is 1.12. The molecule has 0 saturated carbocycles. The van der Waals surface area contributed by atoms with Gasteiger partial charge in [-0.2, -0.15) is 0 Å². The minimum atomic E-state index is -3.73. The Bertz CT molecular complexity index is 1000. The zero-order valence-electron chi connectivity index (χ0n) is 16.4. The molecular formula is C21H23FN2O5S. The Morgan fingerprint density at radius 1 is 1.07 bits per heavy atom. The molecule has 1 fully saturated rings. The molecule has 3 rings (SSSR count). The van der Waals surface area contributed by atoms with Crippen LogP contribution in [0.5, 0.6) is 0 Å². The zero-order chi connectivity index (χ0) is 21.7. The summed E-state index contributed by atoms with van der Waals surface area (Å²) >= 11 is 0. The van der Waals surface area contributed by atoms with Crippen LogP contribution in [0, 0.1) is 11.7 Å². The molecule has 160 valence electrons. The van der Waals surface area contributed by atoms with Crippen molar-refractivity contribution in [2.75, 3.05) is 23.0 Å². The van der Waals surface area contributed by atoms with E-state index in [1.807, 2.05) is 0 Å². The van der Waals surface area contributed by atoms with Gasteiger partial charge in [0.25, 0.3) is 5.91 Å². The molecule has 0 bridgehead atoms. The summed E-state index contributed by atoms with van der Waals surface area (Å²) in [7, 11) is -3.73. The Morgan fingerprint density at radius 2 is 1.67 bits per heavy atom. The Morgan fingerprint density at radius 3 is 2.23 bits per heavy atom. The molecule has 2 N–H and O–H groups in total. The SMILES string of the molecule is CC(CS(=O)(=O)c1ccc(F)cc1)C(=O)Nc1ccc(NC(=O)C2CCCO2)cc1. The summed E-state index contributed by atoms with van der Waals surface area (Å²) in [5.41, 5.74) is 1.04. The third-order valence-electron chi connectivity index (χ3n) is 4.73. The molecule has 1 aliphatic rings. The second kappa shape index (κ2) is 9.36. The molecule has 2 aromatic carbocycles. The van der Waals surface area contributed by atoms with Crippen molar-refractivity contribution in [2.24, 2.45) is 5.92 Å². The number of sulfone groups is 1. The molecule has 0 radical (unpaired) electrons. The third-order valence-corrected chi connectivity index (χ3v) is 6.66. The Kier molecular flexibility index (Phi) is 6.84. The second-order valence-electron chi connectivity index (χ2n) is 7.19. The smallest absolute Gasteiger partial charge is 0.253 e. The molecular weight excluding hydrogens is 411 g/mol. The molecule has 2 aromatic rings. The fourth-order valence-corrected chi connectivity index (χ4v) is 4.61. The van der Waals surface area contributed by atoms with E-state index in [0.29, 0.717) is 24.4 Å². The summed E-state index contributed by atoms with van der Waals surface area (Å²) in [5.74, 6) is -2.42. The lowest BCUT2D eigenvalue weighted by Crippen LogP contribution is -2.27. The minimum Gasteiger partial charge on any atom is -0.368 e. The highest BCUT2D eigenvalue weighted by Crippen LogP contribution is 2.19. The average Bonchev–Trinajstić information content (AvgIpc) is 3.24. The molecule has 30 heavy (non-hydrogen) atoms. The summed E-state index contributed by atoms with van der Waals surface area (Å²) < 4.78 is 43.2. The first-order valence-electron chi connectivity index (χ1n) is 9.56. The molecule has 1 saturated heterocycles. The fraction of sp³-hybridized carbons (Fsp3) is 0.333. The van der Waals surface area contributed by atoms with Crippen molar-refractivity contribution in [1.82, 2.24) is 0 Å². The van der Waals surface area contributed by atoms with Crippen LogP contribution >= 0.6 is 0 Å². The van der Waals surface area contributed by atoms with E-state index in [-0.39, 0.29) is 10.8 Å². The van der Waals surface area contributed by atoms with Crippen molar-refractivity contribution >= 4 is 33.0 Å². The van der Waals surface area contributed by atoms with Gasteiger partial charge in [0, 0.05) is 23.9 Å². The number of halogens is 1. The molecule has 9 heteroatoms. The van der Waals surface area contributed by atoms with Crippen LogP contribution in [0.4, 0.5) is 15.8 Å². The van der Waals surface area contributed by atoms with Crippen molar-refractivity contribution in [2.45, 2.75) is 30.8 Å². The van der Waals surface area contributed by atoms with E-state index in [0.717, 1.165) is 18.6 Å². The van der Waals surface area contributed by atoms with Crippen LogP contribution in [-0.4, -0.2) is 38.7 Å². The normalized spacial score (nSPS) is 17.3. The number of rotatable bonds is 7. The molecule has 1 heterocycles. The molecule has 7 nitrogen and oxygen atoms in total. The summed E-state index contributed by atoms with van der Waals surface area (Å²) in [6, 6.07) is 11.0. The first-order chi connectivity index (χ1) is 14.2. The number of anilines is 2. The monoisotopic (exact) mass is 434 g/mol. The van der Waals surface area contributed by atoms with Gasteiger partial charge in [0.1, 0.15) is 11.9 Å². The number of hydrogen-bond donors (Lipinski definition) is 2. The van der Waals surface area contributed by atoms with Gasteiger partial charge in [-0.15, -0.1) is 0 Å². The highest BCUT2D eigenvalue weighted by molar-refractivity contribution is 7.91. The standard InChI is InChI=1S/C21H23FN2O5S/c1-14(13-30(27,28)18-10-4-15(22)5-11-18)20(25)23-16-6-8-17(9-7-16)24-21(26)19-3-2-12-29-19/h4-11,14,19H,2-3,12-13H2,1H3,(H,23,25)(H,24,26). The molecule has 0 aromatic heterocycles. The van der Waals surface area contributed by atoms with E-state index in [1.165, 1.54) is 19.1 Å². The number of ether oxygens (including phenoxy) is 1. The van der Waals surface area contributed by atoms with Crippen LogP contribution in [0.3, 0.4) is 0 Å². The maximum absolute atomic E-state index is 13.0. The van der Waals surface area contributed by atoms with Gasteiger partial charge in [-0.05, 0) is 61.4 Å². The Hall–Kier alpha value is -2.78. The third kappa shape index (κ3) is 5.64. The lowest BCUT2D eigenvalue weighted by molar-refractivity contribution is -0.124. The largest absolute Gasteiger partial charge is 0.368 e. The molecule has 2 unspecified atom stereocenters. The van der Waals surface area contributed by atoms with E-state index in [4.69, 9.17) is 4.74 Å². The topological polar surface area (TPSA) is 102 Å². The van der Waals surface area contributed by atoms with Gasteiger partial charge in [-0.25, -0.2) is 12.8 Å². The van der Waals surface area contributed by atoms with E-state index >= 15 is 0 Å². The highest BCUT2D eigenvalue weighted by Gasteiger charge is 2.24. The lowest BCUT2D eigenvalue weighted by Gasteiger charge is -2.14. The van der Waals surface area contributed by atoms with Crippen molar-refractivity contribution in [3.05, 3.63) is 54.3 Å². The van der Waals surface area contributed by atoms with Crippen LogP contribution in [-0.2, 0) is 24.2 Å². The number of carbonyl (C=O) groups is 2. The van der Waals surface area contributed by atoms with Gasteiger partial charge in [0.15, 0.2) is 9.84 Å². The summed E-state index contributed by atoms with van der Waals surface area (Å²) in [5, 5.41) is 5.42. The van der Waals surface area contributed by atoms with E-state index in [9.17, 15) is 22.4 Å². The maximum atomic E-state index is 13.0. The quantitative estimate of drug-likeness (QED) is 0.653. The number of carbonyl (C=O) groups excluding carboxylic acids is 2. The predicted molar refractivity (Wildman–Crippen MR) is 110 cm³/mol. The van der Waals surface area contributed by atoms with Crippen LogP contribution in [0.2, 0.25) is 0 Å². The zero-order valence-corrected chi connectivity index (χ0v) is 17.2. The number of nitrogens with one attached hydrogen (secondary N) is 2. The summed E-state index contributed by atoms with van der Waals surface area (Å²) in [6.45, 7) is 2.09.